The third-order valence-corrected chi connectivity index (χ3v) is 4.36. The van der Waals surface area contributed by atoms with E-state index in [4.69, 9.17) is 5.11 Å². The van der Waals surface area contributed by atoms with Crippen LogP contribution in [0.15, 0.2) is 42.7 Å². The van der Waals surface area contributed by atoms with Crippen molar-refractivity contribution in [3.63, 3.8) is 0 Å². The lowest BCUT2D eigenvalue weighted by Gasteiger charge is -2.30. The van der Waals surface area contributed by atoms with Crippen LogP contribution >= 0.6 is 0 Å². The summed E-state index contributed by atoms with van der Waals surface area (Å²) in [7, 11) is 0. The largest absolute Gasteiger partial charge is 0.396 e. The lowest BCUT2D eigenvalue weighted by atomic mass is 9.95. The molecule has 0 fully saturated rings. The van der Waals surface area contributed by atoms with E-state index in [0.29, 0.717) is 6.42 Å². The summed E-state index contributed by atoms with van der Waals surface area (Å²) < 4.78 is 1.79. The Morgan fingerprint density at radius 3 is 2.75 bits per heavy atom. The van der Waals surface area contributed by atoms with Gasteiger partial charge in [-0.25, -0.2) is 9.48 Å². The molecule has 2 unspecified atom stereocenters. The predicted octanol–water partition coefficient (Wildman–Crippen LogP) is 2.78. The molecule has 2 rings (SSSR count). The minimum atomic E-state index is -0.417. The van der Waals surface area contributed by atoms with Gasteiger partial charge in [0.1, 0.15) is 0 Å². The number of urea groups is 1. The van der Waals surface area contributed by atoms with Crippen LogP contribution in [0, 0.1) is 0 Å². The molecule has 3 N–H and O–H groups in total. The fourth-order valence-electron chi connectivity index (χ4n) is 2.63. The number of amides is 2. The van der Waals surface area contributed by atoms with E-state index < -0.39 is 5.54 Å². The van der Waals surface area contributed by atoms with Crippen LogP contribution in [0.5, 0.6) is 0 Å². The maximum Gasteiger partial charge on any atom is 0.315 e. The summed E-state index contributed by atoms with van der Waals surface area (Å²) in [5.74, 6) is 0. The maximum atomic E-state index is 12.3. The highest BCUT2D eigenvalue weighted by atomic mass is 16.3. The van der Waals surface area contributed by atoms with Crippen molar-refractivity contribution < 1.29 is 9.90 Å². The first-order valence-corrected chi connectivity index (χ1v) is 8.27. The van der Waals surface area contributed by atoms with Gasteiger partial charge in [-0.1, -0.05) is 25.1 Å². The minimum absolute atomic E-state index is 0.0440. The maximum absolute atomic E-state index is 12.3. The van der Waals surface area contributed by atoms with Crippen LogP contribution in [0.2, 0.25) is 0 Å². The molecule has 1 heterocycles. The van der Waals surface area contributed by atoms with Crippen LogP contribution < -0.4 is 10.6 Å². The van der Waals surface area contributed by atoms with Gasteiger partial charge in [0.05, 0.1) is 11.7 Å². The van der Waals surface area contributed by atoms with Crippen LogP contribution in [-0.2, 0) is 0 Å². The van der Waals surface area contributed by atoms with Gasteiger partial charge < -0.3 is 15.7 Å². The van der Waals surface area contributed by atoms with Gasteiger partial charge in [-0.05, 0) is 44.4 Å². The third kappa shape index (κ3) is 4.35. The SMILES string of the molecule is CCC(C)(CCO)NC(=O)NC(C)c1ccccc1-n1cccn1. The van der Waals surface area contributed by atoms with Gasteiger partial charge in [0.25, 0.3) is 0 Å². The lowest BCUT2D eigenvalue weighted by molar-refractivity contribution is 0.199. The number of benzene rings is 1. The van der Waals surface area contributed by atoms with Crippen molar-refractivity contribution in [3.8, 4) is 5.69 Å². The fraction of sp³-hybridized carbons (Fsp3) is 0.444. The molecule has 0 aliphatic rings. The number of hydrogen-bond donors (Lipinski definition) is 3. The van der Waals surface area contributed by atoms with Gasteiger partial charge >= 0.3 is 6.03 Å². The molecule has 0 saturated heterocycles. The highest BCUT2D eigenvalue weighted by molar-refractivity contribution is 5.75. The molecule has 1 aromatic carbocycles. The molecule has 1 aromatic heterocycles. The van der Waals surface area contributed by atoms with Crippen LogP contribution in [0.25, 0.3) is 5.69 Å². The van der Waals surface area contributed by atoms with Crippen molar-refractivity contribution in [1.82, 2.24) is 20.4 Å². The number of nitrogens with one attached hydrogen (secondary N) is 2. The summed E-state index contributed by atoms with van der Waals surface area (Å²) in [6, 6.07) is 9.29. The highest BCUT2D eigenvalue weighted by Gasteiger charge is 2.24. The van der Waals surface area contributed by atoms with E-state index in [1.807, 2.05) is 57.3 Å². The number of aliphatic hydroxyl groups excluding tert-OH is 1. The van der Waals surface area contributed by atoms with Crippen LogP contribution in [0.3, 0.4) is 0 Å². The number of aliphatic hydroxyl groups is 1. The molecule has 0 bridgehead atoms. The molecule has 0 spiro atoms. The third-order valence-electron chi connectivity index (χ3n) is 4.36. The van der Waals surface area contributed by atoms with Crippen molar-refractivity contribution in [3.05, 3.63) is 48.3 Å². The average molecular weight is 330 g/mol. The predicted molar refractivity (Wildman–Crippen MR) is 94.0 cm³/mol. The van der Waals surface area contributed by atoms with E-state index >= 15 is 0 Å². The standard InChI is InChI=1S/C18H26N4O2/c1-4-18(3,10-13-23)21-17(24)20-14(2)15-8-5-6-9-16(15)22-12-7-11-19-22/h5-9,11-12,14,23H,4,10,13H2,1-3H3,(H2,20,21,24). The minimum Gasteiger partial charge on any atom is -0.396 e. The number of carbonyl (C=O) groups excluding carboxylic acids is 1. The Balaban J connectivity index is 2.10. The first-order chi connectivity index (χ1) is 11.5. The molecule has 2 atom stereocenters. The molecule has 6 heteroatoms. The van der Waals surface area contributed by atoms with Crippen molar-refractivity contribution in [2.75, 3.05) is 6.61 Å². The molecule has 0 radical (unpaired) electrons. The number of para-hydroxylation sites is 1. The molecule has 0 aliphatic heterocycles. The summed E-state index contributed by atoms with van der Waals surface area (Å²) >= 11 is 0. The molecule has 2 aromatic rings. The first kappa shape index (κ1) is 18.0. The number of carbonyl (C=O) groups is 1. The Hall–Kier alpha value is -2.34. The van der Waals surface area contributed by atoms with E-state index in [0.717, 1.165) is 17.7 Å². The Bertz CT molecular complexity index is 657. The molecule has 6 nitrogen and oxygen atoms in total. The van der Waals surface area contributed by atoms with Gasteiger partial charge in [0.15, 0.2) is 0 Å². The normalized spacial score (nSPS) is 14.7. The summed E-state index contributed by atoms with van der Waals surface area (Å²) in [5.41, 5.74) is 1.50. The zero-order valence-electron chi connectivity index (χ0n) is 14.5. The number of rotatable bonds is 7. The summed E-state index contributed by atoms with van der Waals surface area (Å²) in [5, 5.41) is 19.4. The van der Waals surface area contributed by atoms with Crippen molar-refractivity contribution in [2.24, 2.45) is 0 Å². The Morgan fingerprint density at radius 2 is 2.12 bits per heavy atom. The van der Waals surface area contributed by atoms with Crippen molar-refractivity contribution >= 4 is 6.03 Å². The molecular weight excluding hydrogens is 304 g/mol. The van der Waals surface area contributed by atoms with E-state index in [-0.39, 0.29) is 18.7 Å². The number of aromatic nitrogens is 2. The summed E-state index contributed by atoms with van der Waals surface area (Å²) in [4.78, 5) is 12.3. The topological polar surface area (TPSA) is 79.2 Å². The van der Waals surface area contributed by atoms with Crippen molar-refractivity contribution in [1.29, 1.82) is 0 Å². The van der Waals surface area contributed by atoms with Crippen molar-refractivity contribution in [2.45, 2.75) is 45.2 Å². The Kier molecular flexibility index (Phi) is 5.98. The van der Waals surface area contributed by atoms with Crippen LogP contribution in [0.4, 0.5) is 4.79 Å². The second-order valence-corrected chi connectivity index (χ2v) is 6.22. The average Bonchev–Trinajstić information content (AvgIpc) is 3.09. The number of hydrogen-bond acceptors (Lipinski definition) is 3. The van der Waals surface area contributed by atoms with Gasteiger partial charge in [-0.15, -0.1) is 0 Å². The van der Waals surface area contributed by atoms with Gasteiger partial charge in [0, 0.05) is 24.5 Å². The molecule has 130 valence electrons. The zero-order valence-corrected chi connectivity index (χ0v) is 14.5. The van der Waals surface area contributed by atoms with Gasteiger partial charge in [-0.3, -0.25) is 0 Å². The zero-order chi connectivity index (χ0) is 17.6. The summed E-state index contributed by atoms with van der Waals surface area (Å²) in [6.07, 6.45) is 4.87. The fourth-order valence-corrected chi connectivity index (χ4v) is 2.63. The quantitative estimate of drug-likeness (QED) is 0.730. The molecular formula is C18H26N4O2. The number of nitrogens with zero attached hydrogens (tertiary/aromatic N) is 2. The molecule has 0 aliphatic carbocycles. The van der Waals surface area contributed by atoms with E-state index in [1.54, 1.807) is 10.9 Å². The van der Waals surface area contributed by atoms with Gasteiger partial charge in [-0.2, -0.15) is 5.10 Å². The summed E-state index contributed by atoms with van der Waals surface area (Å²) in [6.45, 7) is 5.91. The van der Waals surface area contributed by atoms with Crippen LogP contribution in [0.1, 0.15) is 45.2 Å². The van der Waals surface area contributed by atoms with Crippen LogP contribution in [-0.4, -0.2) is 33.1 Å². The molecule has 2 amide bonds. The lowest BCUT2D eigenvalue weighted by Crippen LogP contribution is -2.50. The Morgan fingerprint density at radius 1 is 1.38 bits per heavy atom. The smallest absolute Gasteiger partial charge is 0.315 e. The van der Waals surface area contributed by atoms with Gasteiger partial charge in [0.2, 0.25) is 0 Å². The van der Waals surface area contributed by atoms with E-state index in [2.05, 4.69) is 15.7 Å². The monoisotopic (exact) mass is 330 g/mol. The molecule has 0 saturated carbocycles. The second kappa shape index (κ2) is 7.97. The molecule has 24 heavy (non-hydrogen) atoms. The van der Waals surface area contributed by atoms with E-state index in [1.165, 1.54) is 0 Å². The first-order valence-electron chi connectivity index (χ1n) is 8.27. The Labute approximate surface area is 142 Å². The van der Waals surface area contributed by atoms with E-state index in [9.17, 15) is 4.79 Å². The highest BCUT2D eigenvalue weighted by Crippen LogP contribution is 2.21. The second-order valence-electron chi connectivity index (χ2n) is 6.22.